The molecule has 0 saturated heterocycles. The summed E-state index contributed by atoms with van der Waals surface area (Å²) in [6.07, 6.45) is 0. The Morgan fingerprint density at radius 1 is 1.08 bits per heavy atom. The first-order chi connectivity index (χ1) is 12.1. The second-order valence-corrected chi connectivity index (χ2v) is 6.63. The van der Waals surface area contributed by atoms with Crippen molar-refractivity contribution in [2.45, 2.75) is 6.61 Å². The Kier molecular flexibility index (Phi) is 5.60. The molecule has 128 valence electrons. The van der Waals surface area contributed by atoms with E-state index in [0.29, 0.717) is 10.6 Å². The number of fused-ring (bicyclic) bond motifs is 1. The lowest BCUT2D eigenvalue weighted by Gasteiger charge is -2.07. The molecule has 6 nitrogen and oxygen atoms in total. The summed E-state index contributed by atoms with van der Waals surface area (Å²) in [5, 5.41) is 1.32. The number of thiazole rings is 1. The zero-order chi connectivity index (χ0) is 17.6. The van der Waals surface area contributed by atoms with E-state index in [9.17, 15) is 9.59 Å². The number of hydrogen-bond acceptors (Lipinski definition) is 5. The number of carbonyl (C=O) groups is 2. The van der Waals surface area contributed by atoms with Gasteiger partial charge in [-0.3, -0.25) is 20.4 Å². The zero-order valence-corrected chi connectivity index (χ0v) is 14.6. The van der Waals surface area contributed by atoms with Gasteiger partial charge in [0.05, 0.1) is 16.8 Å². The van der Waals surface area contributed by atoms with Gasteiger partial charge >= 0.3 is 0 Å². The molecule has 25 heavy (non-hydrogen) atoms. The van der Waals surface area contributed by atoms with Gasteiger partial charge in [-0.15, -0.1) is 11.3 Å². The van der Waals surface area contributed by atoms with Crippen molar-refractivity contribution >= 4 is 45.0 Å². The van der Waals surface area contributed by atoms with Crippen LogP contribution in [0.2, 0.25) is 5.02 Å². The number of halogens is 1. The smallest absolute Gasteiger partial charge is 0.269 e. The van der Waals surface area contributed by atoms with Gasteiger partial charge in [0.2, 0.25) is 0 Å². The van der Waals surface area contributed by atoms with Gasteiger partial charge < -0.3 is 4.74 Å². The number of hydrazine groups is 1. The first kappa shape index (κ1) is 17.3. The second kappa shape index (κ2) is 8.06. The van der Waals surface area contributed by atoms with Crippen LogP contribution >= 0.6 is 22.9 Å². The summed E-state index contributed by atoms with van der Waals surface area (Å²) in [5.74, 6) is -0.889. The summed E-state index contributed by atoms with van der Waals surface area (Å²) < 4.78 is 6.40. The number of rotatable bonds is 5. The van der Waals surface area contributed by atoms with Crippen LogP contribution in [0.1, 0.15) is 15.4 Å². The van der Waals surface area contributed by atoms with Crippen LogP contribution < -0.4 is 10.9 Å². The molecular formula is C17H14ClN3O3S. The molecule has 3 aromatic rings. The van der Waals surface area contributed by atoms with Crippen molar-refractivity contribution in [3.8, 4) is 0 Å². The Bertz CT molecular complexity index is 863. The van der Waals surface area contributed by atoms with Crippen molar-refractivity contribution in [2.75, 3.05) is 6.61 Å². The summed E-state index contributed by atoms with van der Waals surface area (Å²) in [6.45, 7) is 0.0503. The Morgan fingerprint density at radius 3 is 2.60 bits per heavy atom. The molecule has 2 amide bonds. The maximum atomic E-state index is 11.8. The van der Waals surface area contributed by atoms with Crippen LogP contribution in [-0.2, 0) is 16.1 Å². The van der Waals surface area contributed by atoms with Crippen molar-refractivity contribution < 1.29 is 14.3 Å². The number of nitrogens with zero attached hydrogens (tertiary/aromatic N) is 1. The minimum atomic E-state index is -0.455. The molecule has 0 atom stereocenters. The van der Waals surface area contributed by atoms with Crippen LogP contribution in [0.15, 0.2) is 48.5 Å². The summed E-state index contributed by atoms with van der Waals surface area (Å²) in [6, 6.07) is 14.1. The predicted octanol–water partition coefficient (Wildman–Crippen LogP) is 2.93. The molecule has 2 aromatic carbocycles. The molecule has 1 aromatic heterocycles. The van der Waals surface area contributed by atoms with E-state index in [1.165, 1.54) is 11.3 Å². The fourth-order valence-corrected chi connectivity index (χ4v) is 3.08. The Morgan fingerprint density at radius 2 is 1.84 bits per heavy atom. The van der Waals surface area contributed by atoms with Gasteiger partial charge in [-0.2, -0.15) is 0 Å². The van der Waals surface area contributed by atoms with E-state index < -0.39 is 11.8 Å². The molecule has 0 fully saturated rings. The number of ether oxygens (including phenoxy) is 1. The lowest BCUT2D eigenvalue weighted by molar-refractivity contribution is -0.126. The highest BCUT2D eigenvalue weighted by molar-refractivity contribution is 7.18. The van der Waals surface area contributed by atoms with Crippen LogP contribution in [0, 0.1) is 0 Å². The third-order valence-electron chi connectivity index (χ3n) is 3.22. The molecule has 2 N–H and O–H groups in total. The van der Waals surface area contributed by atoms with E-state index in [2.05, 4.69) is 15.8 Å². The van der Waals surface area contributed by atoms with E-state index in [1.54, 1.807) is 24.3 Å². The summed E-state index contributed by atoms with van der Waals surface area (Å²) in [7, 11) is 0. The summed E-state index contributed by atoms with van der Waals surface area (Å²) in [5.41, 5.74) is 5.91. The highest BCUT2D eigenvalue weighted by Gasteiger charge is 2.08. The van der Waals surface area contributed by atoms with E-state index in [0.717, 1.165) is 15.2 Å². The topological polar surface area (TPSA) is 80.3 Å². The number of para-hydroxylation sites is 1. The standard InChI is InChI=1S/C17H14ClN3O3S/c18-12-7-5-11(6-8-12)17(23)21-20-15(22)9-24-10-16-19-13-3-1-2-4-14(13)25-16/h1-8H,9-10H2,(H,20,22)(H,21,23). The van der Waals surface area contributed by atoms with Crippen molar-refractivity contribution in [3.05, 3.63) is 64.1 Å². The maximum Gasteiger partial charge on any atom is 0.269 e. The highest BCUT2D eigenvalue weighted by atomic mass is 35.5. The molecule has 0 saturated carbocycles. The monoisotopic (exact) mass is 375 g/mol. The lowest BCUT2D eigenvalue weighted by atomic mass is 10.2. The Hall–Kier alpha value is -2.48. The van der Waals surface area contributed by atoms with Crippen molar-refractivity contribution in [1.82, 2.24) is 15.8 Å². The molecule has 8 heteroatoms. The highest BCUT2D eigenvalue weighted by Crippen LogP contribution is 2.21. The Labute approximate surface area is 152 Å². The summed E-state index contributed by atoms with van der Waals surface area (Å²) >= 11 is 7.27. The lowest BCUT2D eigenvalue weighted by Crippen LogP contribution is -2.43. The Balaban J connectivity index is 1.42. The quantitative estimate of drug-likeness (QED) is 0.672. The summed E-state index contributed by atoms with van der Waals surface area (Å²) in [4.78, 5) is 28.0. The van der Waals surface area contributed by atoms with Gasteiger partial charge in [0.1, 0.15) is 11.6 Å². The number of benzene rings is 2. The normalized spacial score (nSPS) is 10.6. The molecule has 1 heterocycles. The predicted molar refractivity (Wildman–Crippen MR) is 96.3 cm³/mol. The van der Waals surface area contributed by atoms with Crippen molar-refractivity contribution in [1.29, 1.82) is 0 Å². The van der Waals surface area contributed by atoms with Gasteiger partial charge in [-0.05, 0) is 36.4 Å². The molecule has 0 spiro atoms. The number of carbonyl (C=O) groups excluding carboxylic acids is 2. The fraction of sp³-hybridized carbons (Fsp3) is 0.118. The van der Waals surface area contributed by atoms with Crippen LogP contribution in [0.3, 0.4) is 0 Å². The largest absolute Gasteiger partial charge is 0.364 e. The molecule has 0 aliphatic rings. The van der Waals surface area contributed by atoms with Crippen molar-refractivity contribution in [2.24, 2.45) is 0 Å². The van der Waals surface area contributed by atoms with Gasteiger partial charge in [-0.1, -0.05) is 23.7 Å². The maximum absolute atomic E-state index is 11.8. The first-order valence-electron chi connectivity index (χ1n) is 7.39. The first-order valence-corrected chi connectivity index (χ1v) is 8.58. The van der Waals surface area contributed by atoms with E-state index in [4.69, 9.17) is 16.3 Å². The van der Waals surface area contributed by atoms with Gasteiger partial charge in [-0.25, -0.2) is 4.98 Å². The third kappa shape index (κ3) is 4.76. The van der Waals surface area contributed by atoms with Crippen LogP contribution in [-0.4, -0.2) is 23.4 Å². The van der Waals surface area contributed by atoms with Gasteiger partial charge in [0, 0.05) is 10.6 Å². The number of amides is 2. The minimum absolute atomic E-state index is 0.184. The van der Waals surface area contributed by atoms with Crippen molar-refractivity contribution in [3.63, 3.8) is 0 Å². The average Bonchev–Trinajstić information content (AvgIpc) is 3.03. The number of hydrogen-bond donors (Lipinski definition) is 2. The van der Waals surface area contributed by atoms with Crippen LogP contribution in [0.4, 0.5) is 0 Å². The average molecular weight is 376 g/mol. The molecule has 0 aliphatic carbocycles. The molecular weight excluding hydrogens is 362 g/mol. The van der Waals surface area contributed by atoms with E-state index in [-0.39, 0.29) is 13.2 Å². The fourth-order valence-electron chi connectivity index (χ4n) is 2.05. The van der Waals surface area contributed by atoms with Gasteiger partial charge in [0.15, 0.2) is 0 Å². The number of aromatic nitrogens is 1. The van der Waals surface area contributed by atoms with Crippen LogP contribution in [0.25, 0.3) is 10.2 Å². The zero-order valence-electron chi connectivity index (χ0n) is 13.0. The van der Waals surface area contributed by atoms with E-state index >= 15 is 0 Å². The molecule has 0 aliphatic heterocycles. The second-order valence-electron chi connectivity index (χ2n) is 5.08. The molecule has 0 radical (unpaired) electrons. The molecule has 0 bridgehead atoms. The third-order valence-corrected chi connectivity index (χ3v) is 4.48. The minimum Gasteiger partial charge on any atom is -0.364 e. The number of nitrogens with one attached hydrogen (secondary N) is 2. The SMILES string of the molecule is O=C(COCc1nc2ccccc2s1)NNC(=O)c1ccc(Cl)cc1. The van der Waals surface area contributed by atoms with Crippen LogP contribution in [0.5, 0.6) is 0 Å². The van der Waals surface area contributed by atoms with E-state index in [1.807, 2.05) is 24.3 Å². The van der Waals surface area contributed by atoms with Gasteiger partial charge in [0.25, 0.3) is 11.8 Å². The molecule has 0 unspecified atom stereocenters. The molecule has 3 rings (SSSR count).